The maximum Gasteiger partial charge on any atom is 0.112 e. The summed E-state index contributed by atoms with van der Waals surface area (Å²) in [7, 11) is 0. The molecular formula is C13H15BrN4. The predicted octanol–water partition coefficient (Wildman–Crippen LogP) is 2.56. The number of nitrogens with zero attached hydrogens (tertiary/aromatic N) is 2. The van der Waals surface area contributed by atoms with Gasteiger partial charge in [0.25, 0.3) is 0 Å². The minimum Gasteiger partial charge on any atom is -0.382 e. The molecule has 0 bridgehead atoms. The molecule has 4 nitrogen and oxygen atoms in total. The predicted molar refractivity (Wildman–Crippen MR) is 76.8 cm³/mol. The lowest BCUT2D eigenvalue weighted by Gasteiger charge is -2.09. The van der Waals surface area contributed by atoms with E-state index in [9.17, 15) is 0 Å². The normalized spacial score (nSPS) is 14.9. The summed E-state index contributed by atoms with van der Waals surface area (Å²) in [5, 5.41) is 6.89. The molecule has 0 saturated heterocycles. The number of hydrogen-bond acceptors (Lipinski definition) is 4. The number of rotatable bonds is 5. The van der Waals surface area contributed by atoms with Gasteiger partial charge in [0.15, 0.2) is 0 Å². The molecule has 2 heterocycles. The summed E-state index contributed by atoms with van der Waals surface area (Å²) in [5.74, 6) is 0. The maximum atomic E-state index is 4.41. The Hall–Kier alpha value is -1.20. The number of hydrogen-bond donors (Lipinski definition) is 2. The van der Waals surface area contributed by atoms with E-state index < -0.39 is 0 Å². The molecule has 1 aliphatic carbocycles. The molecular weight excluding hydrogens is 292 g/mol. The molecule has 1 aliphatic rings. The standard InChI is InChI=1S/C13H15BrN4/c14-9-7-12-13(18-8-9)11(3-4-16-12)17-6-5-15-10-1-2-10/h3-4,7-8,10,15H,1-2,5-6H2,(H,16,17). The largest absolute Gasteiger partial charge is 0.382 e. The highest BCUT2D eigenvalue weighted by molar-refractivity contribution is 9.10. The van der Waals surface area contributed by atoms with Crippen LogP contribution in [0, 0.1) is 0 Å². The Morgan fingerprint density at radius 1 is 1.28 bits per heavy atom. The second kappa shape index (κ2) is 5.20. The molecule has 18 heavy (non-hydrogen) atoms. The van der Waals surface area contributed by atoms with Crippen LogP contribution in [0.15, 0.2) is 29.0 Å². The topological polar surface area (TPSA) is 49.8 Å². The molecule has 5 heteroatoms. The van der Waals surface area contributed by atoms with Crippen LogP contribution in [0.4, 0.5) is 5.69 Å². The van der Waals surface area contributed by atoms with Crippen molar-refractivity contribution in [1.82, 2.24) is 15.3 Å². The van der Waals surface area contributed by atoms with Crippen LogP contribution in [0.3, 0.4) is 0 Å². The molecule has 0 radical (unpaired) electrons. The van der Waals surface area contributed by atoms with Crippen molar-refractivity contribution in [3.05, 3.63) is 29.0 Å². The van der Waals surface area contributed by atoms with Gasteiger partial charge in [-0.2, -0.15) is 0 Å². The van der Waals surface area contributed by atoms with Crippen LogP contribution in [0.2, 0.25) is 0 Å². The van der Waals surface area contributed by atoms with Gasteiger partial charge in [-0.05, 0) is 40.9 Å². The first-order valence-electron chi connectivity index (χ1n) is 6.20. The lowest BCUT2D eigenvalue weighted by Crippen LogP contribution is -2.24. The van der Waals surface area contributed by atoms with Crippen LogP contribution in [-0.4, -0.2) is 29.1 Å². The highest BCUT2D eigenvalue weighted by Crippen LogP contribution is 2.22. The van der Waals surface area contributed by atoms with E-state index in [2.05, 4.69) is 36.5 Å². The van der Waals surface area contributed by atoms with Crippen molar-refractivity contribution in [2.75, 3.05) is 18.4 Å². The highest BCUT2D eigenvalue weighted by Gasteiger charge is 2.19. The van der Waals surface area contributed by atoms with Gasteiger partial charge in [-0.15, -0.1) is 0 Å². The lowest BCUT2D eigenvalue weighted by atomic mass is 10.3. The van der Waals surface area contributed by atoms with Crippen LogP contribution in [-0.2, 0) is 0 Å². The SMILES string of the molecule is Brc1cnc2c(NCCNC3CC3)ccnc2c1. The van der Waals surface area contributed by atoms with Crippen LogP contribution >= 0.6 is 15.9 Å². The highest BCUT2D eigenvalue weighted by atomic mass is 79.9. The summed E-state index contributed by atoms with van der Waals surface area (Å²) in [6, 6.07) is 4.71. The zero-order chi connectivity index (χ0) is 12.4. The minimum atomic E-state index is 0.759. The minimum absolute atomic E-state index is 0.759. The number of fused-ring (bicyclic) bond motifs is 1. The van der Waals surface area contributed by atoms with Crippen molar-refractivity contribution in [2.45, 2.75) is 18.9 Å². The van der Waals surface area contributed by atoms with Crippen molar-refractivity contribution in [3.63, 3.8) is 0 Å². The fourth-order valence-corrected chi connectivity index (χ4v) is 2.23. The average Bonchev–Trinajstić information content (AvgIpc) is 3.18. The van der Waals surface area contributed by atoms with E-state index in [4.69, 9.17) is 0 Å². The molecule has 0 atom stereocenters. The van der Waals surface area contributed by atoms with E-state index in [-0.39, 0.29) is 0 Å². The van der Waals surface area contributed by atoms with Gasteiger partial charge in [-0.3, -0.25) is 9.97 Å². The molecule has 94 valence electrons. The van der Waals surface area contributed by atoms with Crippen molar-refractivity contribution in [2.24, 2.45) is 0 Å². The molecule has 0 spiro atoms. The van der Waals surface area contributed by atoms with Gasteiger partial charge in [0, 0.05) is 36.0 Å². The number of aromatic nitrogens is 2. The molecule has 0 aromatic carbocycles. The average molecular weight is 307 g/mol. The van der Waals surface area contributed by atoms with E-state index in [0.717, 1.165) is 40.3 Å². The van der Waals surface area contributed by atoms with Crippen LogP contribution in [0.5, 0.6) is 0 Å². The molecule has 2 N–H and O–H groups in total. The molecule has 0 unspecified atom stereocenters. The fraction of sp³-hybridized carbons (Fsp3) is 0.385. The van der Waals surface area contributed by atoms with Gasteiger partial charge in [0.05, 0.1) is 11.2 Å². The summed E-state index contributed by atoms with van der Waals surface area (Å²) in [6.45, 7) is 1.90. The monoisotopic (exact) mass is 306 g/mol. The van der Waals surface area contributed by atoms with Gasteiger partial charge < -0.3 is 10.6 Å². The first-order valence-corrected chi connectivity index (χ1v) is 7.00. The third kappa shape index (κ3) is 2.79. The molecule has 3 rings (SSSR count). The van der Waals surface area contributed by atoms with Crippen molar-refractivity contribution in [3.8, 4) is 0 Å². The number of halogens is 1. The Bertz CT molecular complexity index is 554. The molecule has 1 saturated carbocycles. The summed E-state index contributed by atoms with van der Waals surface area (Å²) < 4.78 is 0.954. The summed E-state index contributed by atoms with van der Waals surface area (Å²) in [4.78, 5) is 8.74. The second-order valence-electron chi connectivity index (χ2n) is 4.53. The number of pyridine rings is 2. The Kier molecular flexibility index (Phi) is 3.43. The Morgan fingerprint density at radius 2 is 2.17 bits per heavy atom. The third-order valence-corrected chi connectivity index (χ3v) is 3.43. The van der Waals surface area contributed by atoms with E-state index in [1.165, 1.54) is 12.8 Å². The second-order valence-corrected chi connectivity index (χ2v) is 5.45. The lowest BCUT2D eigenvalue weighted by molar-refractivity contribution is 0.701. The zero-order valence-corrected chi connectivity index (χ0v) is 11.6. The Morgan fingerprint density at radius 3 is 3.00 bits per heavy atom. The Balaban J connectivity index is 1.70. The van der Waals surface area contributed by atoms with Crippen molar-refractivity contribution < 1.29 is 0 Å². The van der Waals surface area contributed by atoms with Gasteiger partial charge in [0.2, 0.25) is 0 Å². The molecule has 2 aromatic heterocycles. The van der Waals surface area contributed by atoms with Gasteiger partial charge in [-0.25, -0.2) is 0 Å². The van der Waals surface area contributed by atoms with Crippen LogP contribution in [0.1, 0.15) is 12.8 Å². The van der Waals surface area contributed by atoms with Gasteiger partial charge >= 0.3 is 0 Å². The number of nitrogens with one attached hydrogen (secondary N) is 2. The Labute approximate surface area is 114 Å². The van der Waals surface area contributed by atoms with E-state index in [0.29, 0.717) is 0 Å². The molecule has 1 fully saturated rings. The van der Waals surface area contributed by atoms with Crippen molar-refractivity contribution in [1.29, 1.82) is 0 Å². The molecule has 0 aliphatic heterocycles. The molecule has 0 amide bonds. The summed E-state index contributed by atoms with van der Waals surface area (Å²) >= 11 is 3.41. The molecule has 2 aromatic rings. The van der Waals surface area contributed by atoms with Crippen molar-refractivity contribution >= 4 is 32.7 Å². The smallest absolute Gasteiger partial charge is 0.112 e. The van der Waals surface area contributed by atoms with E-state index in [1.807, 2.05) is 18.3 Å². The number of anilines is 1. The van der Waals surface area contributed by atoms with Gasteiger partial charge in [0.1, 0.15) is 5.52 Å². The first kappa shape index (κ1) is 11.9. The van der Waals surface area contributed by atoms with Crippen LogP contribution in [0.25, 0.3) is 11.0 Å². The van der Waals surface area contributed by atoms with E-state index >= 15 is 0 Å². The van der Waals surface area contributed by atoms with E-state index in [1.54, 1.807) is 6.20 Å². The summed E-state index contributed by atoms with van der Waals surface area (Å²) in [5.41, 5.74) is 2.88. The fourth-order valence-electron chi connectivity index (χ4n) is 1.91. The first-order chi connectivity index (χ1) is 8.83. The third-order valence-electron chi connectivity index (χ3n) is 2.99. The maximum absolute atomic E-state index is 4.41. The van der Waals surface area contributed by atoms with Crippen LogP contribution < -0.4 is 10.6 Å². The van der Waals surface area contributed by atoms with Gasteiger partial charge in [-0.1, -0.05) is 0 Å². The zero-order valence-electron chi connectivity index (χ0n) is 9.99. The quantitative estimate of drug-likeness (QED) is 0.834. The summed E-state index contributed by atoms with van der Waals surface area (Å²) in [6.07, 6.45) is 6.27.